The van der Waals surface area contributed by atoms with Gasteiger partial charge in [0.05, 0.1) is 23.3 Å². The number of nitrogens with one attached hydrogen (secondary N) is 1. The van der Waals surface area contributed by atoms with E-state index in [1.807, 2.05) is 37.3 Å². The predicted molar refractivity (Wildman–Crippen MR) is 121 cm³/mol. The highest BCUT2D eigenvalue weighted by Crippen LogP contribution is 2.30. The number of thiazole rings is 1. The topological polar surface area (TPSA) is 63.0 Å². The second-order valence-corrected chi connectivity index (χ2v) is 8.03. The van der Waals surface area contributed by atoms with E-state index in [2.05, 4.69) is 21.8 Å². The van der Waals surface area contributed by atoms with E-state index in [1.165, 1.54) is 23.5 Å². The Morgan fingerprint density at radius 2 is 1.90 bits per heavy atom. The summed E-state index contributed by atoms with van der Waals surface area (Å²) in [6.45, 7) is 5.64. The van der Waals surface area contributed by atoms with Gasteiger partial charge in [-0.05, 0) is 42.8 Å². The molecule has 2 aromatic carbocycles. The number of aromatic amines is 1. The molecule has 0 radical (unpaired) electrons. The first-order valence-electron chi connectivity index (χ1n) is 9.62. The van der Waals surface area contributed by atoms with Gasteiger partial charge < -0.3 is 0 Å². The second-order valence-electron chi connectivity index (χ2n) is 7.05. The normalized spacial score (nSPS) is 12.3. The molecule has 5 nitrogen and oxygen atoms in total. The van der Waals surface area contributed by atoms with Crippen molar-refractivity contribution in [2.24, 2.45) is 0 Å². The van der Waals surface area contributed by atoms with Crippen LogP contribution in [0.3, 0.4) is 0 Å². The predicted octanol–water partition coefficient (Wildman–Crippen LogP) is 4.20. The first kappa shape index (κ1) is 19.1. The third kappa shape index (κ3) is 3.10. The van der Waals surface area contributed by atoms with Crippen molar-refractivity contribution in [3.05, 3.63) is 111 Å². The first-order valence-corrected chi connectivity index (χ1v) is 10.4. The quantitative estimate of drug-likeness (QED) is 0.467. The van der Waals surface area contributed by atoms with E-state index in [1.54, 1.807) is 28.8 Å². The fourth-order valence-corrected chi connectivity index (χ4v) is 4.86. The highest BCUT2D eigenvalue weighted by Gasteiger charge is 2.20. The summed E-state index contributed by atoms with van der Waals surface area (Å²) < 4.78 is 15.7. The highest BCUT2D eigenvalue weighted by atomic mass is 32.1. The molecular weight excluding hydrogens is 411 g/mol. The fourth-order valence-electron chi connectivity index (χ4n) is 3.71. The van der Waals surface area contributed by atoms with Gasteiger partial charge in [0.15, 0.2) is 4.96 Å². The minimum Gasteiger partial charge on any atom is -0.277 e. The minimum absolute atomic E-state index is 0.136. The summed E-state index contributed by atoms with van der Waals surface area (Å²) in [7, 11) is 0. The Labute approximate surface area is 180 Å². The van der Waals surface area contributed by atoms with Crippen molar-refractivity contribution >= 4 is 27.9 Å². The standard InChI is InChI=1S/C24H17FN4OS/c1-3-19-14(2)29-23(30)22(31-24(29)27-19)20(15-7-5-4-6-8-15)18-13-26-28-21(18)16-9-11-17(25)12-10-16/h3-13H,1H2,2H3,(H,26,28). The molecule has 152 valence electrons. The van der Waals surface area contributed by atoms with Crippen LogP contribution < -0.4 is 10.1 Å². The van der Waals surface area contributed by atoms with E-state index < -0.39 is 0 Å². The molecule has 0 unspecified atom stereocenters. The number of fused-ring (bicyclic) bond motifs is 1. The van der Waals surface area contributed by atoms with Crippen molar-refractivity contribution in [2.45, 2.75) is 6.92 Å². The van der Waals surface area contributed by atoms with Gasteiger partial charge in [-0.25, -0.2) is 9.37 Å². The Hall–Kier alpha value is -3.84. The zero-order valence-electron chi connectivity index (χ0n) is 16.6. The van der Waals surface area contributed by atoms with E-state index in [4.69, 9.17) is 0 Å². The maximum absolute atomic E-state index is 13.5. The zero-order valence-corrected chi connectivity index (χ0v) is 17.4. The molecule has 0 aliphatic rings. The molecule has 3 aromatic heterocycles. The van der Waals surface area contributed by atoms with Crippen LogP contribution in [-0.2, 0) is 0 Å². The van der Waals surface area contributed by atoms with Crippen molar-refractivity contribution in [1.82, 2.24) is 19.6 Å². The van der Waals surface area contributed by atoms with Crippen LogP contribution in [0.1, 0.15) is 22.5 Å². The van der Waals surface area contributed by atoms with Gasteiger partial charge in [-0.1, -0.05) is 48.2 Å². The maximum atomic E-state index is 13.5. The lowest BCUT2D eigenvalue weighted by Gasteiger charge is -2.08. The number of imidazole rings is 1. The van der Waals surface area contributed by atoms with Crippen molar-refractivity contribution in [2.75, 3.05) is 0 Å². The molecule has 0 atom stereocenters. The average molecular weight is 428 g/mol. The average Bonchev–Trinajstić information content (AvgIpc) is 3.47. The van der Waals surface area contributed by atoms with Crippen molar-refractivity contribution in [3.8, 4) is 11.3 Å². The SMILES string of the molecule is C=Cc1nc2sc(=C(c3ccccc3)c3cn[nH]c3-c3ccc(F)cc3)c(=O)n2c1C. The summed E-state index contributed by atoms with van der Waals surface area (Å²) >= 11 is 1.33. The Bertz CT molecular complexity index is 1530. The molecule has 0 saturated carbocycles. The molecular formula is C24H17FN4OS. The molecule has 31 heavy (non-hydrogen) atoms. The lowest BCUT2D eigenvalue weighted by atomic mass is 9.96. The van der Waals surface area contributed by atoms with Crippen LogP contribution in [0.25, 0.3) is 27.9 Å². The third-order valence-corrected chi connectivity index (χ3v) is 6.27. The number of benzene rings is 2. The molecule has 5 rings (SSSR count). The molecule has 5 aromatic rings. The first-order chi connectivity index (χ1) is 15.1. The molecule has 0 bridgehead atoms. The number of hydrogen-bond acceptors (Lipinski definition) is 4. The number of rotatable bonds is 4. The van der Waals surface area contributed by atoms with Gasteiger partial charge >= 0.3 is 0 Å². The van der Waals surface area contributed by atoms with Crippen LogP contribution in [-0.4, -0.2) is 19.6 Å². The Balaban J connectivity index is 1.87. The molecule has 0 fully saturated rings. The van der Waals surface area contributed by atoms with Crippen molar-refractivity contribution in [1.29, 1.82) is 0 Å². The highest BCUT2D eigenvalue weighted by molar-refractivity contribution is 7.15. The molecule has 3 heterocycles. The van der Waals surface area contributed by atoms with Crippen LogP contribution in [0.2, 0.25) is 0 Å². The maximum Gasteiger partial charge on any atom is 0.275 e. The Morgan fingerprint density at radius 3 is 2.58 bits per heavy atom. The number of aromatic nitrogens is 4. The lowest BCUT2D eigenvalue weighted by Crippen LogP contribution is -2.26. The largest absolute Gasteiger partial charge is 0.277 e. The smallest absolute Gasteiger partial charge is 0.275 e. The van der Waals surface area contributed by atoms with Gasteiger partial charge in [0.1, 0.15) is 10.3 Å². The van der Waals surface area contributed by atoms with E-state index in [-0.39, 0.29) is 11.4 Å². The molecule has 0 amide bonds. The summed E-state index contributed by atoms with van der Waals surface area (Å²) in [6, 6.07) is 15.9. The molecule has 0 spiro atoms. The number of nitrogens with zero attached hydrogens (tertiary/aromatic N) is 3. The zero-order chi connectivity index (χ0) is 21.5. The van der Waals surface area contributed by atoms with Crippen LogP contribution >= 0.6 is 11.3 Å². The second kappa shape index (κ2) is 7.45. The monoisotopic (exact) mass is 428 g/mol. The molecule has 0 aliphatic carbocycles. The number of H-pyrrole nitrogens is 1. The van der Waals surface area contributed by atoms with Gasteiger partial charge in [-0.3, -0.25) is 14.3 Å². The van der Waals surface area contributed by atoms with Crippen molar-refractivity contribution < 1.29 is 4.39 Å². The van der Waals surface area contributed by atoms with Crippen molar-refractivity contribution in [3.63, 3.8) is 0 Å². The molecule has 7 heteroatoms. The van der Waals surface area contributed by atoms with Gasteiger partial charge in [0.2, 0.25) is 0 Å². The number of aryl methyl sites for hydroxylation is 1. The summed E-state index contributed by atoms with van der Waals surface area (Å²) in [5, 5.41) is 7.25. The molecule has 0 saturated heterocycles. The van der Waals surface area contributed by atoms with Gasteiger partial charge in [-0.2, -0.15) is 5.10 Å². The molecule has 0 aliphatic heterocycles. The summed E-state index contributed by atoms with van der Waals surface area (Å²) in [5.74, 6) is -0.313. The van der Waals surface area contributed by atoms with E-state index in [0.717, 1.165) is 28.0 Å². The van der Waals surface area contributed by atoms with E-state index >= 15 is 0 Å². The summed E-state index contributed by atoms with van der Waals surface area (Å²) in [5.41, 5.74) is 5.23. The fraction of sp³-hybridized carbons (Fsp3) is 0.0417. The summed E-state index contributed by atoms with van der Waals surface area (Å²) in [6.07, 6.45) is 3.35. The van der Waals surface area contributed by atoms with Crippen LogP contribution in [0.5, 0.6) is 0 Å². The minimum atomic E-state index is -0.313. The van der Waals surface area contributed by atoms with Gasteiger partial charge in [0.25, 0.3) is 5.56 Å². The lowest BCUT2D eigenvalue weighted by molar-refractivity contribution is 0.628. The Morgan fingerprint density at radius 1 is 1.16 bits per heavy atom. The van der Waals surface area contributed by atoms with Crippen LogP contribution in [0.4, 0.5) is 4.39 Å². The molecule has 1 N–H and O–H groups in total. The number of hydrogen-bond donors (Lipinski definition) is 1. The van der Waals surface area contributed by atoms with Gasteiger partial charge in [0, 0.05) is 16.7 Å². The van der Waals surface area contributed by atoms with E-state index in [0.29, 0.717) is 20.9 Å². The van der Waals surface area contributed by atoms with Gasteiger partial charge in [-0.15, -0.1) is 0 Å². The summed E-state index contributed by atoms with van der Waals surface area (Å²) in [4.78, 5) is 18.6. The Kier molecular flexibility index (Phi) is 4.60. The number of halogens is 1. The van der Waals surface area contributed by atoms with E-state index in [9.17, 15) is 9.18 Å². The van der Waals surface area contributed by atoms with Crippen LogP contribution in [0.15, 0.2) is 72.2 Å². The third-order valence-electron chi connectivity index (χ3n) is 5.23. The van der Waals surface area contributed by atoms with Crippen LogP contribution in [0, 0.1) is 12.7 Å².